The van der Waals surface area contributed by atoms with Gasteiger partial charge in [-0.2, -0.15) is 0 Å². The molecule has 3 rings (SSSR count). The highest BCUT2D eigenvalue weighted by atomic mass is 32.2. The minimum atomic E-state index is -3.36. The van der Waals surface area contributed by atoms with E-state index in [4.69, 9.17) is 19.9 Å². The van der Waals surface area contributed by atoms with Gasteiger partial charge in [-0.25, -0.2) is 13.4 Å². The molecule has 2 aromatic carbocycles. The summed E-state index contributed by atoms with van der Waals surface area (Å²) in [4.78, 5) is 28.3. The summed E-state index contributed by atoms with van der Waals surface area (Å²) >= 11 is 1.14. The first-order valence-electron chi connectivity index (χ1n) is 8.71. The fourth-order valence-electron chi connectivity index (χ4n) is 2.65. The quantitative estimate of drug-likeness (QED) is 0.512. The van der Waals surface area contributed by atoms with Crippen molar-refractivity contribution in [2.45, 2.75) is 4.90 Å². The molecule has 3 N–H and O–H groups in total. The number of methoxy groups -OCH3 is 2. The minimum absolute atomic E-state index is 0.133. The molecule has 0 unspecified atom stereocenters. The number of rotatable bonds is 8. The van der Waals surface area contributed by atoms with E-state index in [-0.39, 0.29) is 39.4 Å². The number of benzene rings is 2. The van der Waals surface area contributed by atoms with Crippen molar-refractivity contribution in [1.82, 2.24) is 4.98 Å². The number of thiazole rings is 1. The first-order chi connectivity index (χ1) is 14.6. The summed E-state index contributed by atoms with van der Waals surface area (Å²) in [5.41, 5.74) is 5.85. The summed E-state index contributed by atoms with van der Waals surface area (Å²) < 4.78 is 39.9. The van der Waals surface area contributed by atoms with Crippen LogP contribution < -0.4 is 25.3 Å². The van der Waals surface area contributed by atoms with Crippen molar-refractivity contribution in [2.75, 3.05) is 32.4 Å². The van der Waals surface area contributed by atoms with Gasteiger partial charge in [-0.15, -0.1) is 0 Å². The Morgan fingerprint density at radius 1 is 1.13 bits per heavy atom. The average Bonchev–Trinajstić information content (AvgIpc) is 3.12. The molecule has 0 spiro atoms. The van der Waals surface area contributed by atoms with Crippen molar-refractivity contribution in [2.24, 2.45) is 5.73 Å². The van der Waals surface area contributed by atoms with Crippen LogP contribution in [-0.4, -0.2) is 52.3 Å². The molecule has 0 atom stereocenters. The van der Waals surface area contributed by atoms with Crippen molar-refractivity contribution >= 4 is 48.3 Å². The smallest absolute Gasteiger partial charge is 0.257 e. The molecule has 0 aliphatic heterocycles. The lowest BCUT2D eigenvalue weighted by molar-refractivity contribution is -0.120. The van der Waals surface area contributed by atoms with Crippen LogP contribution in [0.5, 0.6) is 17.2 Å². The summed E-state index contributed by atoms with van der Waals surface area (Å²) in [6, 6.07) is 7.39. The van der Waals surface area contributed by atoms with Crippen LogP contribution in [0.15, 0.2) is 35.2 Å². The van der Waals surface area contributed by atoms with Crippen LogP contribution in [0.2, 0.25) is 0 Å². The highest BCUT2D eigenvalue weighted by Crippen LogP contribution is 2.39. The Kier molecular flexibility index (Phi) is 6.32. The third-order valence-corrected chi connectivity index (χ3v) is 6.13. The normalized spacial score (nSPS) is 11.2. The van der Waals surface area contributed by atoms with Crippen LogP contribution in [0.1, 0.15) is 10.4 Å². The molecule has 1 aromatic heterocycles. The Morgan fingerprint density at radius 3 is 2.32 bits per heavy atom. The molecule has 31 heavy (non-hydrogen) atoms. The number of fused-ring (bicyclic) bond motifs is 1. The molecule has 10 nitrogen and oxygen atoms in total. The van der Waals surface area contributed by atoms with Crippen LogP contribution in [0.4, 0.5) is 5.13 Å². The van der Waals surface area contributed by atoms with Crippen molar-refractivity contribution < 1.29 is 32.2 Å². The van der Waals surface area contributed by atoms with E-state index in [2.05, 4.69) is 10.3 Å². The molecule has 0 fully saturated rings. The lowest BCUT2D eigenvalue weighted by Gasteiger charge is -2.15. The van der Waals surface area contributed by atoms with E-state index in [1.54, 1.807) is 6.07 Å². The molecular formula is C19H19N3O7S2. The highest BCUT2D eigenvalue weighted by Gasteiger charge is 2.19. The average molecular weight is 466 g/mol. The second kappa shape index (κ2) is 8.78. The molecule has 0 aliphatic rings. The molecule has 3 aromatic rings. The molecule has 0 saturated heterocycles. The monoisotopic (exact) mass is 465 g/mol. The Morgan fingerprint density at radius 2 is 1.77 bits per heavy atom. The van der Waals surface area contributed by atoms with E-state index >= 15 is 0 Å². The number of carbonyl (C=O) groups excluding carboxylic acids is 2. The van der Waals surface area contributed by atoms with E-state index in [0.29, 0.717) is 10.2 Å². The number of ether oxygens (including phenoxy) is 3. The maximum absolute atomic E-state index is 12.8. The van der Waals surface area contributed by atoms with Gasteiger partial charge < -0.3 is 19.9 Å². The van der Waals surface area contributed by atoms with Crippen LogP contribution in [0.25, 0.3) is 10.2 Å². The second-order valence-corrected chi connectivity index (χ2v) is 9.39. The van der Waals surface area contributed by atoms with Crippen LogP contribution in [-0.2, 0) is 14.6 Å². The number of primary amides is 1. The maximum Gasteiger partial charge on any atom is 0.257 e. The number of carbonyl (C=O) groups is 2. The molecule has 0 bridgehead atoms. The number of hydrogen-bond acceptors (Lipinski definition) is 9. The predicted octanol–water partition coefficient (Wildman–Crippen LogP) is 1.83. The van der Waals surface area contributed by atoms with E-state index in [9.17, 15) is 18.0 Å². The van der Waals surface area contributed by atoms with Crippen molar-refractivity contribution in [3.63, 3.8) is 0 Å². The number of nitrogens with one attached hydrogen (secondary N) is 1. The number of sulfone groups is 1. The van der Waals surface area contributed by atoms with Crippen molar-refractivity contribution in [3.8, 4) is 17.2 Å². The van der Waals surface area contributed by atoms with E-state index in [0.717, 1.165) is 17.6 Å². The molecule has 164 valence electrons. The molecular weight excluding hydrogens is 446 g/mol. The molecule has 0 aliphatic carbocycles. The number of aromatic nitrogens is 1. The summed E-state index contributed by atoms with van der Waals surface area (Å²) in [5.74, 6) is -0.699. The van der Waals surface area contributed by atoms with Gasteiger partial charge >= 0.3 is 0 Å². The summed E-state index contributed by atoms with van der Waals surface area (Å²) in [6.45, 7) is -0.389. The molecule has 0 radical (unpaired) electrons. The fourth-order valence-corrected chi connectivity index (χ4v) is 4.28. The summed E-state index contributed by atoms with van der Waals surface area (Å²) in [7, 11) is -0.607. The van der Waals surface area contributed by atoms with Gasteiger partial charge in [0.2, 0.25) is 5.75 Å². The van der Waals surface area contributed by atoms with Gasteiger partial charge in [0.25, 0.3) is 11.8 Å². The zero-order valence-corrected chi connectivity index (χ0v) is 18.4. The largest absolute Gasteiger partial charge is 0.493 e. The number of hydrogen-bond donors (Lipinski definition) is 2. The SMILES string of the molecule is COc1cc(C(=O)Nc2nc3ccc(S(C)(=O)=O)cc3s2)cc(OC)c1OCC(N)=O. The van der Waals surface area contributed by atoms with E-state index in [1.807, 2.05) is 0 Å². The maximum atomic E-state index is 12.8. The van der Waals surface area contributed by atoms with Crippen LogP contribution in [0, 0.1) is 0 Å². The lowest BCUT2D eigenvalue weighted by Crippen LogP contribution is -2.20. The van der Waals surface area contributed by atoms with E-state index in [1.165, 1.54) is 38.5 Å². The van der Waals surface area contributed by atoms with Gasteiger partial charge in [0.15, 0.2) is 33.1 Å². The third kappa shape index (κ3) is 5.03. The predicted molar refractivity (Wildman–Crippen MR) is 115 cm³/mol. The molecule has 12 heteroatoms. The Bertz CT molecular complexity index is 1240. The number of anilines is 1. The zero-order chi connectivity index (χ0) is 22.8. The van der Waals surface area contributed by atoms with Gasteiger partial charge in [0, 0.05) is 11.8 Å². The Hall–Kier alpha value is -3.38. The second-order valence-electron chi connectivity index (χ2n) is 6.34. The molecule has 1 heterocycles. The third-order valence-electron chi connectivity index (χ3n) is 4.09. The van der Waals surface area contributed by atoms with E-state index < -0.39 is 21.7 Å². The lowest BCUT2D eigenvalue weighted by atomic mass is 10.1. The van der Waals surface area contributed by atoms with Crippen LogP contribution in [0.3, 0.4) is 0 Å². The summed E-state index contributed by atoms with van der Waals surface area (Å²) in [5, 5.41) is 2.96. The highest BCUT2D eigenvalue weighted by molar-refractivity contribution is 7.90. The van der Waals surface area contributed by atoms with Gasteiger partial charge in [0.1, 0.15) is 0 Å². The fraction of sp³-hybridized carbons (Fsp3) is 0.211. The first-order valence-corrected chi connectivity index (χ1v) is 11.4. The van der Waals surface area contributed by atoms with Gasteiger partial charge in [0.05, 0.1) is 29.3 Å². The zero-order valence-electron chi connectivity index (χ0n) is 16.8. The molecule has 2 amide bonds. The standard InChI is InChI=1S/C19H19N3O7S2/c1-27-13-6-10(7-14(28-2)17(13)29-9-16(20)23)18(24)22-19-21-12-5-4-11(31(3,25)26)8-15(12)30-19/h4-8H,9H2,1-3H3,(H2,20,23)(H,21,22,24). The van der Waals surface area contributed by atoms with Gasteiger partial charge in [-0.3, -0.25) is 14.9 Å². The Labute approximate surface area is 181 Å². The molecule has 0 saturated carbocycles. The summed E-state index contributed by atoms with van der Waals surface area (Å²) in [6.07, 6.45) is 1.12. The Balaban J connectivity index is 1.89. The van der Waals surface area contributed by atoms with Crippen molar-refractivity contribution in [3.05, 3.63) is 35.9 Å². The number of nitrogens with zero attached hydrogens (tertiary/aromatic N) is 1. The minimum Gasteiger partial charge on any atom is -0.493 e. The van der Waals surface area contributed by atoms with Crippen LogP contribution >= 0.6 is 11.3 Å². The number of amides is 2. The van der Waals surface area contributed by atoms with Crippen molar-refractivity contribution in [1.29, 1.82) is 0 Å². The van der Waals surface area contributed by atoms with Gasteiger partial charge in [-0.1, -0.05) is 11.3 Å². The first kappa shape index (κ1) is 22.3. The van der Waals surface area contributed by atoms with Gasteiger partial charge in [-0.05, 0) is 30.3 Å². The number of nitrogens with two attached hydrogens (primary N) is 1. The topological polar surface area (TPSA) is 147 Å².